The van der Waals surface area contributed by atoms with Gasteiger partial charge in [0.25, 0.3) is 6.47 Å². The normalized spacial score (nSPS) is 43.4. The summed E-state index contributed by atoms with van der Waals surface area (Å²) in [6, 6.07) is 16.6. The van der Waals surface area contributed by atoms with E-state index in [9.17, 15) is 4.79 Å². The van der Waals surface area contributed by atoms with Crippen molar-refractivity contribution >= 4 is 23.8 Å². The third-order valence-corrected chi connectivity index (χ3v) is 17.2. The van der Waals surface area contributed by atoms with Gasteiger partial charge in [0.1, 0.15) is 30.0 Å². The molecule has 2 aromatic carbocycles. The van der Waals surface area contributed by atoms with Crippen LogP contribution in [0.15, 0.2) is 64.6 Å². The molecule has 13 rings (SSSR count). The van der Waals surface area contributed by atoms with Crippen LogP contribution in [-0.4, -0.2) is 66.4 Å². The number of carbonyl (C=O) groups excluding carboxylic acids is 1. The fourth-order valence-corrected chi connectivity index (χ4v) is 13.6. The molecule has 4 bridgehead atoms. The van der Waals surface area contributed by atoms with E-state index in [2.05, 4.69) is 96.1 Å². The van der Waals surface area contributed by atoms with Gasteiger partial charge < -0.3 is 18.9 Å². The highest BCUT2D eigenvalue weighted by atomic mass is 17.3. The first-order valence-electron chi connectivity index (χ1n) is 24.1. The molecule has 2 spiro atoms. The number of aryl methyl sites for hydroxylation is 1. The molecule has 11 aliphatic rings. The van der Waals surface area contributed by atoms with Crippen LogP contribution in [0, 0.1) is 54.3 Å². The molecule has 15 atom stereocenters. The van der Waals surface area contributed by atoms with Gasteiger partial charge in [-0.25, -0.2) is 24.5 Å². The van der Waals surface area contributed by atoms with Crippen LogP contribution in [-0.2, 0) is 49.7 Å². The Morgan fingerprint density at radius 2 is 1.48 bits per heavy atom. The van der Waals surface area contributed by atoms with Gasteiger partial charge in [0.2, 0.25) is 12.1 Å². The summed E-state index contributed by atoms with van der Waals surface area (Å²) in [5.74, 6) is 3.78. The lowest BCUT2D eigenvalue weighted by atomic mass is 9.56. The minimum absolute atomic E-state index is 0.0675. The minimum atomic E-state index is -0.735. The Morgan fingerprint density at radius 3 is 2.25 bits per heavy atom. The van der Waals surface area contributed by atoms with E-state index >= 15 is 0 Å². The van der Waals surface area contributed by atoms with Crippen molar-refractivity contribution < 1.29 is 43.3 Å². The van der Waals surface area contributed by atoms with Crippen LogP contribution >= 0.6 is 0 Å². The second-order valence-electron chi connectivity index (χ2n) is 21.1. The molecule has 2 aromatic rings. The number of aliphatic imine (C=N–C) groups is 2. The predicted molar refractivity (Wildman–Crippen MR) is 238 cm³/mol. The van der Waals surface area contributed by atoms with Gasteiger partial charge in [-0.15, -0.1) is 0 Å². The maximum atomic E-state index is 10.9. The lowest BCUT2D eigenvalue weighted by Gasteiger charge is -2.59. The summed E-state index contributed by atoms with van der Waals surface area (Å²) in [7, 11) is 0. The summed E-state index contributed by atoms with van der Waals surface area (Å²) in [4.78, 5) is 45.5. The van der Waals surface area contributed by atoms with E-state index in [0.29, 0.717) is 42.0 Å². The first kappa shape index (κ1) is 43.3. The van der Waals surface area contributed by atoms with Gasteiger partial charge in [0.15, 0.2) is 17.4 Å². The highest BCUT2D eigenvalue weighted by Gasteiger charge is 2.70. The van der Waals surface area contributed by atoms with Gasteiger partial charge in [-0.1, -0.05) is 87.9 Å². The maximum Gasteiger partial charge on any atom is 0.293 e. The Labute approximate surface area is 373 Å². The van der Waals surface area contributed by atoms with E-state index < -0.39 is 23.3 Å². The fraction of sp³-hybridized carbons (Fsp3) is 0.673. The van der Waals surface area contributed by atoms with Crippen LogP contribution in [0.25, 0.3) is 5.57 Å². The predicted octanol–water partition coefficient (Wildman–Crippen LogP) is 10.2. The molecular formula is C52H68N2O9. The first-order valence-corrected chi connectivity index (χ1v) is 24.1. The SMILES string of the molecule is CC1CCC2C(C)C(=NCCC3=CCc4ccccc43)OC3OC4(C)CCC1C32OO4.Cc1ccc(C(COC=O)N=C2O[C@H]3C[C@]4(C)CCC5[C@@H](C)CCC([C@@H]2C)[C@@]53OO4)cc1. The Bertz CT molecular complexity index is 2120. The number of hydrogen-bond donors (Lipinski definition) is 0. The molecule has 10 fully saturated rings. The number of nitrogens with zero attached hydrogens (tertiary/aromatic N) is 2. The van der Waals surface area contributed by atoms with Crippen LogP contribution in [0.4, 0.5) is 0 Å². The number of fused-ring (bicyclic) bond motifs is 5. The molecular weight excluding hydrogens is 797 g/mol. The van der Waals surface area contributed by atoms with E-state index in [0.717, 1.165) is 81.7 Å². The number of rotatable bonds is 8. The highest BCUT2D eigenvalue weighted by molar-refractivity contribution is 5.81. The lowest BCUT2D eigenvalue weighted by molar-refractivity contribution is -0.557. The summed E-state index contributed by atoms with van der Waals surface area (Å²) in [6.45, 7) is 16.7. The standard InChI is InChI=1S/C26H35NO5.C26H33NO4/c1-16-5-8-19(9-6-16)22(14-29-15-28)27-24-18(3)21-10-7-17(2)20-11-12-25(4)13-23(30-24)26(20,21)32-31-25;1-16-8-11-22-17(2)23(27-15-13-19-10-9-18-6-4-5-7-20(18)19)28-24-26(22)21(16)12-14-25(3,29-24)30-31-26/h5-6,8-9,15,17-18,20-23H,7,10-14H2,1-4H3;4-7,10,16-17,21-22,24H,8-9,11-15H2,1-3H3/t17-,18-,20?,21?,22?,23-,25-,26-;/m0./s1. The zero-order chi connectivity index (χ0) is 43.7. The van der Waals surface area contributed by atoms with E-state index in [1.54, 1.807) is 0 Å². The number of carbonyl (C=O) groups is 1. The van der Waals surface area contributed by atoms with Crippen LogP contribution in [0.1, 0.15) is 134 Å². The highest BCUT2D eigenvalue weighted by Crippen LogP contribution is 2.62. The summed E-state index contributed by atoms with van der Waals surface area (Å²) < 4.78 is 24.8. The molecule has 11 heteroatoms. The molecule has 0 amide bonds. The van der Waals surface area contributed by atoms with Crippen molar-refractivity contribution in [2.45, 2.75) is 160 Å². The quantitative estimate of drug-likeness (QED) is 0.189. The number of ether oxygens (including phenoxy) is 4. The van der Waals surface area contributed by atoms with Crippen LogP contribution < -0.4 is 0 Å². The monoisotopic (exact) mass is 864 g/mol. The molecule has 0 aromatic heterocycles. The van der Waals surface area contributed by atoms with E-state index in [1.165, 1.54) is 35.1 Å². The van der Waals surface area contributed by atoms with Crippen molar-refractivity contribution in [3.05, 3.63) is 76.9 Å². The molecule has 11 nitrogen and oxygen atoms in total. The molecule has 0 radical (unpaired) electrons. The molecule has 7 saturated heterocycles. The van der Waals surface area contributed by atoms with E-state index in [-0.39, 0.29) is 36.2 Å². The molecule has 0 N–H and O–H groups in total. The Hall–Kier alpha value is -3.61. The molecule has 4 aliphatic carbocycles. The number of benzene rings is 2. The lowest BCUT2D eigenvalue weighted by Crippen LogP contribution is -2.69. The topological polar surface area (TPSA) is 116 Å². The van der Waals surface area contributed by atoms with E-state index in [1.807, 2.05) is 6.92 Å². The molecule has 340 valence electrons. The second kappa shape index (κ2) is 16.7. The van der Waals surface area contributed by atoms with Crippen molar-refractivity contribution in [1.29, 1.82) is 0 Å². The van der Waals surface area contributed by atoms with Gasteiger partial charge in [0.05, 0.1) is 0 Å². The van der Waals surface area contributed by atoms with Gasteiger partial charge in [-0.3, -0.25) is 9.79 Å². The van der Waals surface area contributed by atoms with Gasteiger partial charge in [-0.2, -0.15) is 0 Å². The molecule has 3 saturated carbocycles. The number of hydrogen-bond acceptors (Lipinski definition) is 11. The van der Waals surface area contributed by atoms with Crippen molar-refractivity contribution in [2.24, 2.45) is 57.3 Å². The fourth-order valence-electron chi connectivity index (χ4n) is 13.6. The van der Waals surface area contributed by atoms with Crippen LogP contribution in [0.5, 0.6) is 0 Å². The Kier molecular flexibility index (Phi) is 11.5. The average molecular weight is 865 g/mol. The maximum absolute atomic E-state index is 10.9. The second-order valence-corrected chi connectivity index (χ2v) is 21.1. The smallest absolute Gasteiger partial charge is 0.293 e. The summed E-state index contributed by atoms with van der Waals surface area (Å²) in [5, 5.41) is 0. The number of allylic oxidation sites excluding steroid dienone is 1. The van der Waals surface area contributed by atoms with Crippen molar-refractivity contribution in [2.75, 3.05) is 13.2 Å². The van der Waals surface area contributed by atoms with Gasteiger partial charge in [-0.05, 0) is 119 Å². The summed E-state index contributed by atoms with van der Waals surface area (Å²) in [6.07, 6.45) is 13.2. The van der Waals surface area contributed by atoms with Crippen LogP contribution in [0.3, 0.4) is 0 Å². The van der Waals surface area contributed by atoms with Crippen molar-refractivity contribution in [3.8, 4) is 0 Å². The molecule has 63 heavy (non-hydrogen) atoms. The largest absolute Gasteiger partial charge is 0.474 e. The van der Waals surface area contributed by atoms with Gasteiger partial charge >= 0.3 is 0 Å². The third-order valence-electron chi connectivity index (χ3n) is 17.2. The zero-order valence-electron chi connectivity index (χ0n) is 38.4. The third kappa shape index (κ3) is 7.40. The van der Waals surface area contributed by atoms with Crippen molar-refractivity contribution in [3.63, 3.8) is 0 Å². The molecule has 10 unspecified atom stereocenters. The first-order chi connectivity index (χ1) is 30.4. The van der Waals surface area contributed by atoms with Crippen molar-refractivity contribution in [1.82, 2.24) is 0 Å². The Balaban J connectivity index is 0.000000150. The van der Waals surface area contributed by atoms with Crippen LogP contribution in [0.2, 0.25) is 0 Å². The molecule has 7 heterocycles. The minimum Gasteiger partial charge on any atom is -0.474 e. The molecule has 7 aliphatic heterocycles. The average Bonchev–Trinajstić information content (AvgIpc) is 3.35. The zero-order valence-corrected chi connectivity index (χ0v) is 38.4. The summed E-state index contributed by atoms with van der Waals surface area (Å²) in [5.41, 5.74) is 5.18. The van der Waals surface area contributed by atoms with E-state index in [4.69, 9.17) is 48.5 Å². The Morgan fingerprint density at radius 1 is 0.778 bits per heavy atom. The van der Waals surface area contributed by atoms with Gasteiger partial charge in [0, 0.05) is 49.0 Å². The summed E-state index contributed by atoms with van der Waals surface area (Å²) >= 11 is 0.